The van der Waals surface area contributed by atoms with Crippen LogP contribution in [-0.2, 0) is 24.2 Å². The van der Waals surface area contributed by atoms with Crippen LogP contribution in [0.15, 0.2) is 29.6 Å². The topological polar surface area (TPSA) is 64.6 Å². The number of anilines is 1. The van der Waals surface area contributed by atoms with E-state index in [9.17, 15) is 9.59 Å². The van der Waals surface area contributed by atoms with Gasteiger partial charge in [-0.15, -0.1) is 22.7 Å². The third-order valence-corrected chi connectivity index (χ3v) is 7.34. The zero-order valence-electron chi connectivity index (χ0n) is 17.2. The van der Waals surface area contributed by atoms with Crippen LogP contribution < -0.4 is 10.1 Å². The molecule has 30 heavy (non-hydrogen) atoms. The first-order valence-electron chi connectivity index (χ1n) is 9.78. The number of hydrogen-bond donors (Lipinski definition) is 1. The highest BCUT2D eigenvalue weighted by Gasteiger charge is 2.28. The van der Waals surface area contributed by atoms with Crippen molar-refractivity contribution < 1.29 is 19.1 Å². The molecule has 0 atom stereocenters. The molecule has 0 bridgehead atoms. The molecule has 0 radical (unpaired) electrons. The van der Waals surface area contributed by atoms with E-state index in [2.05, 4.69) is 11.4 Å². The maximum absolute atomic E-state index is 12.8. The summed E-state index contributed by atoms with van der Waals surface area (Å²) < 4.78 is 10.9. The Hall–Kier alpha value is -2.64. The normalized spacial score (nSPS) is 12.5. The first kappa shape index (κ1) is 20.6. The van der Waals surface area contributed by atoms with Gasteiger partial charge >= 0.3 is 5.97 Å². The van der Waals surface area contributed by atoms with Crippen molar-refractivity contribution in [2.24, 2.45) is 0 Å². The van der Waals surface area contributed by atoms with Crippen LogP contribution in [0.3, 0.4) is 0 Å². The number of carbonyl (C=O) groups is 2. The summed E-state index contributed by atoms with van der Waals surface area (Å²) in [7, 11) is 1.37. The monoisotopic (exact) mass is 441 g/mol. The molecule has 1 aromatic carbocycles. The molecule has 2 heterocycles. The van der Waals surface area contributed by atoms with E-state index in [0.717, 1.165) is 47.3 Å². The maximum Gasteiger partial charge on any atom is 0.341 e. The van der Waals surface area contributed by atoms with Gasteiger partial charge in [-0.05, 0) is 67.3 Å². The predicted molar refractivity (Wildman–Crippen MR) is 120 cm³/mol. The third kappa shape index (κ3) is 4.13. The lowest BCUT2D eigenvalue weighted by molar-refractivity contribution is 0.0601. The zero-order valence-corrected chi connectivity index (χ0v) is 18.8. The molecule has 0 spiro atoms. The second-order valence-electron chi connectivity index (χ2n) is 7.38. The molecule has 0 saturated carbocycles. The fraction of sp³-hybridized carbons (Fsp3) is 0.304. The first-order chi connectivity index (χ1) is 14.5. The van der Waals surface area contributed by atoms with E-state index < -0.39 is 5.97 Å². The summed E-state index contributed by atoms with van der Waals surface area (Å²) in [5.41, 5.74) is 4.70. The Morgan fingerprint density at radius 3 is 2.80 bits per heavy atom. The predicted octanol–water partition coefficient (Wildman–Crippen LogP) is 5.53. The number of aryl methyl sites for hydroxylation is 3. The summed E-state index contributed by atoms with van der Waals surface area (Å²) in [6.07, 6.45) is 2.83. The summed E-state index contributed by atoms with van der Waals surface area (Å²) in [4.78, 5) is 26.8. The average Bonchev–Trinajstić information content (AvgIpc) is 3.44. The van der Waals surface area contributed by atoms with Gasteiger partial charge in [0, 0.05) is 10.4 Å². The highest BCUT2D eigenvalue weighted by atomic mass is 32.1. The highest BCUT2D eigenvalue weighted by molar-refractivity contribution is 7.17. The fourth-order valence-corrected chi connectivity index (χ4v) is 5.63. The van der Waals surface area contributed by atoms with Gasteiger partial charge in [-0.3, -0.25) is 4.79 Å². The van der Waals surface area contributed by atoms with Gasteiger partial charge < -0.3 is 14.8 Å². The van der Waals surface area contributed by atoms with Crippen LogP contribution >= 0.6 is 22.7 Å². The molecule has 1 aliphatic rings. The first-order valence-corrected chi connectivity index (χ1v) is 11.5. The van der Waals surface area contributed by atoms with Gasteiger partial charge in [-0.1, -0.05) is 12.1 Å². The number of benzene rings is 1. The molecule has 1 aliphatic carbocycles. The van der Waals surface area contributed by atoms with Crippen LogP contribution in [0, 0.1) is 13.8 Å². The second kappa shape index (κ2) is 8.62. The quantitative estimate of drug-likeness (QED) is 0.511. The number of methoxy groups -OCH3 is 1. The Kier molecular flexibility index (Phi) is 5.92. The lowest BCUT2D eigenvalue weighted by Gasteiger charge is -2.09. The molecule has 0 saturated heterocycles. The van der Waals surface area contributed by atoms with E-state index in [4.69, 9.17) is 9.47 Å². The van der Waals surface area contributed by atoms with Crippen molar-refractivity contribution in [1.82, 2.24) is 0 Å². The van der Waals surface area contributed by atoms with Crippen molar-refractivity contribution in [3.63, 3.8) is 0 Å². The lowest BCUT2D eigenvalue weighted by Crippen LogP contribution is -2.13. The van der Waals surface area contributed by atoms with E-state index in [1.165, 1.54) is 34.7 Å². The molecule has 7 heteroatoms. The van der Waals surface area contributed by atoms with Gasteiger partial charge in [0.05, 0.1) is 17.6 Å². The Morgan fingerprint density at radius 2 is 2.00 bits per heavy atom. The van der Waals surface area contributed by atoms with Crippen molar-refractivity contribution in [2.45, 2.75) is 39.7 Å². The summed E-state index contributed by atoms with van der Waals surface area (Å²) >= 11 is 2.85. The Labute approximate surface area is 183 Å². The SMILES string of the molecule is COC(=O)c1c(NC(=O)c2cc(COc3cc(C)ccc3C)cs2)sc2c1CCC2. The van der Waals surface area contributed by atoms with E-state index in [-0.39, 0.29) is 5.91 Å². The third-order valence-electron chi connectivity index (χ3n) is 5.15. The Bertz CT molecular complexity index is 1110. The van der Waals surface area contributed by atoms with Crippen LogP contribution in [0.1, 0.15) is 53.6 Å². The number of rotatable bonds is 6. The molecule has 156 valence electrons. The van der Waals surface area contributed by atoms with E-state index in [0.29, 0.717) is 22.0 Å². The molecule has 0 unspecified atom stereocenters. The van der Waals surface area contributed by atoms with Crippen LogP contribution in [0.25, 0.3) is 0 Å². The largest absolute Gasteiger partial charge is 0.489 e. The number of hydrogen-bond acceptors (Lipinski definition) is 6. The Balaban J connectivity index is 1.46. The molecule has 2 aromatic heterocycles. The van der Waals surface area contributed by atoms with E-state index >= 15 is 0 Å². The Morgan fingerprint density at radius 1 is 1.17 bits per heavy atom. The van der Waals surface area contributed by atoms with E-state index in [1.54, 1.807) is 0 Å². The number of ether oxygens (including phenoxy) is 2. The highest BCUT2D eigenvalue weighted by Crippen LogP contribution is 2.39. The van der Waals surface area contributed by atoms with Crippen LogP contribution in [0.2, 0.25) is 0 Å². The van der Waals surface area contributed by atoms with E-state index in [1.807, 2.05) is 37.4 Å². The molecule has 0 fully saturated rings. The fourth-order valence-electron chi connectivity index (χ4n) is 3.57. The van der Waals surface area contributed by atoms with Crippen molar-refractivity contribution in [1.29, 1.82) is 0 Å². The van der Waals surface area contributed by atoms with Crippen LogP contribution in [0.4, 0.5) is 5.00 Å². The van der Waals surface area contributed by atoms with Crippen molar-refractivity contribution in [2.75, 3.05) is 12.4 Å². The minimum atomic E-state index is -0.390. The number of nitrogens with one attached hydrogen (secondary N) is 1. The number of esters is 1. The van der Waals surface area contributed by atoms with Crippen molar-refractivity contribution >= 4 is 39.6 Å². The zero-order chi connectivity index (χ0) is 21.3. The smallest absolute Gasteiger partial charge is 0.341 e. The molecule has 1 N–H and O–H groups in total. The van der Waals surface area contributed by atoms with Gasteiger partial charge in [0.15, 0.2) is 0 Å². The second-order valence-corrected chi connectivity index (χ2v) is 9.40. The van der Waals surface area contributed by atoms with Gasteiger partial charge in [0.2, 0.25) is 0 Å². The summed E-state index contributed by atoms with van der Waals surface area (Å²) in [5.74, 6) is 0.240. The average molecular weight is 442 g/mol. The van der Waals surface area contributed by atoms with Crippen LogP contribution in [-0.4, -0.2) is 19.0 Å². The molecular formula is C23H23NO4S2. The van der Waals surface area contributed by atoms with Crippen LogP contribution in [0.5, 0.6) is 5.75 Å². The number of fused-ring (bicyclic) bond motifs is 1. The summed E-state index contributed by atoms with van der Waals surface area (Å²) in [5, 5.41) is 5.43. The van der Waals surface area contributed by atoms with Gasteiger partial charge in [-0.2, -0.15) is 0 Å². The van der Waals surface area contributed by atoms with Gasteiger partial charge in [-0.25, -0.2) is 4.79 Å². The molecule has 4 rings (SSSR count). The molecular weight excluding hydrogens is 418 g/mol. The van der Waals surface area contributed by atoms with Crippen molar-refractivity contribution in [3.05, 3.63) is 67.2 Å². The number of thiophene rings is 2. The number of carbonyl (C=O) groups excluding carboxylic acids is 2. The maximum atomic E-state index is 12.8. The van der Waals surface area contributed by atoms with Crippen molar-refractivity contribution in [3.8, 4) is 5.75 Å². The molecule has 0 aliphatic heterocycles. The summed E-state index contributed by atoms with van der Waals surface area (Å²) in [6.45, 7) is 4.44. The van der Waals surface area contributed by atoms with Gasteiger partial charge in [0.1, 0.15) is 17.4 Å². The minimum Gasteiger partial charge on any atom is -0.489 e. The molecule has 5 nitrogen and oxygen atoms in total. The molecule has 3 aromatic rings. The lowest BCUT2D eigenvalue weighted by atomic mass is 10.1. The minimum absolute atomic E-state index is 0.219. The molecule has 1 amide bonds. The standard InChI is InChI=1S/C23H23NO4S2/c1-13-7-8-14(2)17(9-13)28-11-15-10-19(29-12-15)21(25)24-22-20(23(26)27-3)16-5-4-6-18(16)30-22/h7-10,12H,4-6,11H2,1-3H3,(H,24,25). The number of amides is 1. The van der Waals surface area contributed by atoms with Gasteiger partial charge in [0.25, 0.3) is 5.91 Å². The summed E-state index contributed by atoms with van der Waals surface area (Å²) in [6, 6.07) is 7.94.